The highest BCUT2D eigenvalue weighted by Crippen LogP contribution is 2.34. The molecule has 32 heavy (non-hydrogen) atoms. The number of hydrogen-bond acceptors (Lipinski definition) is 7. The molecule has 0 spiro atoms. The summed E-state index contributed by atoms with van der Waals surface area (Å²) in [6.07, 6.45) is 0. The Kier molecular flexibility index (Phi) is 6.05. The van der Waals surface area contributed by atoms with E-state index in [1.54, 1.807) is 24.6 Å². The third kappa shape index (κ3) is 4.02. The molecule has 164 valence electrons. The van der Waals surface area contributed by atoms with Gasteiger partial charge in [0.25, 0.3) is 11.8 Å². The first kappa shape index (κ1) is 22.1. The van der Waals surface area contributed by atoms with E-state index in [2.05, 4.69) is 10.3 Å². The number of nitrogens with zero attached hydrogens (tertiary/aromatic N) is 2. The van der Waals surface area contributed by atoms with E-state index in [4.69, 9.17) is 32.7 Å². The summed E-state index contributed by atoms with van der Waals surface area (Å²) in [5, 5.41) is 5.02. The SMILES string of the molecule is COc1ccc(-c2csc(NC(=O)CN3C(=O)c4cc(Cl)c(Cl)cc4C3=O)n2)cc1OC. The van der Waals surface area contributed by atoms with Gasteiger partial charge in [0.2, 0.25) is 5.91 Å². The number of methoxy groups -OCH3 is 2. The van der Waals surface area contributed by atoms with Gasteiger partial charge in [-0.25, -0.2) is 4.98 Å². The maximum Gasteiger partial charge on any atom is 0.262 e. The van der Waals surface area contributed by atoms with Crippen LogP contribution in [0.3, 0.4) is 0 Å². The highest BCUT2D eigenvalue weighted by molar-refractivity contribution is 7.14. The molecule has 8 nitrogen and oxygen atoms in total. The van der Waals surface area contributed by atoms with Crippen LogP contribution in [0.4, 0.5) is 5.13 Å². The Balaban J connectivity index is 1.46. The molecule has 0 saturated heterocycles. The summed E-state index contributed by atoms with van der Waals surface area (Å²) in [7, 11) is 3.08. The van der Waals surface area contributed by atoms with Crippen molar-refractivity contribution in [2.45, 2.75) is 0 Å². The molecule has 2 heterocycles. The summed E-state index contributed by atoms with van der Waals surface area (Å²) < 4.78 is 10.5. The lowest BCUT2D eigenvalue weighted by Crippen LogP contribution is -2.37. The van der Waals surface area contributed by atoms with E-state index < -0.39 is 24.3 Å². The second-order valence-electron chi connectivity index (χ2n) is 6.66. The molecule has 11 heteroatoms. The molecule has 0 fully saturated rings. The number of carbonyl (C=O) groups is 3. The fourth-order valence-electron chi connectivity index (χ4n) is 3.19. The fourth-order valence-corrected chi connectivity index (χ4v) is 4.25. The monoisotopic (exact) mass is 491 g/mol. The molecule has 0 atom stereocenters. The third-order valence-corrected chi connectivity index (χ3v) is 6.22. The number of ether oxygens (including phenoxy) is 2. The molecule has 0 unspecified atom stereocenters. The average Bonchev–Trinajstić information content (AvgIpc) is 3.33. The number of anilines is 1. The molecule has 1 aliphatic rings. The molecular weight excluding hydrogens is 477 g/mol. The van der Waals surface area contributed by atoms with Crippen LogP contribution in [0.5, 0.6) is 11.5 Å². The number of amides is 3. The Morgan fingerprint density at radius 1 is 1.03 bits per heavy atom. The van der Waals surface area contributed by atoms with Crippen LogP contribution in [0, 0.1) is 0 Å². The second-order valence-corrected chi connectivity index (χ2v) is 8.34. The molecule has 2 aromatic carbocycles. The van der Waals surface area contributed by atoms with Gasteiger partial charge in [0.05, 0.1) is 41.1 Å². The summed E-state index contributed by atoms with van der Waals surface area (Å²) in [6, 6.07) is 8.00. The first-order valence-corrected chi connectivity index (χ1v) is 10.8. The summed E-state index contributed by atoms with van der Waals surface area (Å²) in [5.74, 6) is -0.643. The third-order valence-electron chi connectivity index (χ3n) is 4.74. The minimum atomic E-state index is -0.608. The molecule has 3 aromatic rings. The number of halogens is 2. The molecular formula is C21H15Cl2N3O5S. The number of imide groups is 1. The lowest BCUT2D eigenvalue weighted by molar-refractivity contribution is -0.116. The van der Waals surface area contributed by atoms with Crippen LogP contribution < -0.4 is 14.8 Å². The highest BCUT2D eigenvalue weighted by Gasteiger charge is 2.37. The van der Waals surface area contributed by atoms with Gasteiger partial charge in [-0.1, -0.05) is 23.2 Å². The van der Waals surface area contributed by atoms with Gasteiger partial charge in [0, 0.05) is 10.9 Å². The van der Waals surface area contributed by atoms with Gasteiger partial charge in [-0.15, -0.1) is 11.3 Å². The Morgan fingerprint density at radius 2 is 1.66 bits per heavy atom. The summed E-state index contributed by atoms with van der Waals surface area (Å²) in [4.78, 5) is 42.8. The summed E-state index contributed by atoms with van der Waals surface area (Å²) >= 11 is 13.1. The maximum absolute atomic E-state index is 12.5. The number of rotatable bonds is 6. The smallest absolute Gasteiger partial charge is 0.262 e. The Labute approximate surface area is 196 Å². The van der Waals surface area contributed by atoms with Crippen LogP contribution in [-0.4, -0.2) is 48.4 Å². The van der Waals surface area contributed by atoms with Crippen molar-refractivity contribution in [3.8, 4) is 22.8 Å². The molecule has 0 saturated carbocycles. The molecule has 0 aliphatic carbocycles. The van der Waals surface area contributed by atoms with E-state index in [1.807, 2.05) is 6.07 Å². The van der Waals surface area contributed by atoms with Gasteiger partial charge >= 0.3 is 0 Å². The van der Waals surface area contributed by atoms with Crippen molar-refractivity contribution in [3.05, 3.63) is 56.9 Å². The second kappa shape index (κ2) is 8.78. The van der Waals surface area contributed by atoms with Crippen LogP contribution >= 0.6 is 34.5 Å². The maximum atomic E-state index is 12.5. The number of carbonyl (C=O) groups excluding carboxylic acids is 3. The van der Waals surface area contributed by atoms with E-state index in [-0.39, 0.29) is 21.2 Å². The average molecular weight is 492 g/mol. The van der Waals surface area contributed by atoms with Crippen molar-refractivity contribution in [1.29, 1.82) is 0 Å². The number of benzene rings is 2. The van der Waals surface area contributed by atoms with Gasteiger partial charge in [-0.3, -0.25) is 19.3 Å². The number of fused-ring (bicyclic) bond motifs is 1. The minimum Gasteiger partial charge on any atom is -0.493 e. The summed E-state index contributed by atoms with van der Waals surface area (Å²) in [6.45, 7) is -0.465. The fraction of sp³-hybridized carbons (Fsp3) is 0.143. The van der Waals surface area contributed by atoms with Gasteiger partial charge in [0.15, 0.2) is 16.6 Å². The lowest BCUT2D eigenvalue weighted by atomic mass is 10.1. The van der Waals surface area contributed by atoms with E-state index >= 15 is 0 Å². The van der Waals surface area contributed by atoms with Gasteiger partial charge in [0.1, 0.15) is 6.54 Å². The predicted molar refractivity (Wildman–Crippen MR) is 121 cm³/mol. The first-order valence-electron chi connectivity index (χ1n) is 9.15. The van der Waals surface area contributed by atoms with Crippen molar-refractivity contribution in [1.82, 2.24) is 9.88 Å². The predicted octanol–water partition coefficient (Wildman–Crippen LogP) is 4.37. The van der Waals surface area contributed by atoms with Crippen LogP contribution in [0.1, 0.15) is 20.7 Å². The number of thiazole rings is 1. The van der Waals surface area contributed by atoms with Crippen molar-refractivity contribution in [2.24, 2.45) is 0 Å². The first-order chi connectivity index (χ1) is 15.3. The molecule has 0 bridgehead atoms. The molecule has 1 N–H and O–H groups in total. The van der Waals surface area contributed by atoms with Gasteiger partial charge < -0.3 is 14.8 Å². The van der Waals surface area contributed by atoms with E-state index in [1.165, 1.54) is 30.6 Å². The zero-order valence-electron chi connectivity index (χ0n) is 16.8. The molecule has 1 aliphatic heterocycles. The summed E-state index contributed by atoms with van der Waals surface area (Å²) in [5.41, 5.74) is 1.62. The molecule has 3 amide bonds. The molecule has 0 radical (unpaired) electrons. The van der Waals surface area contributed by atoms with Crippen LogP contribution in [0.25, 0.3) is 11.3 Å². The van der Waals surface area contributed by atoms with Crippen LogP contribution in [0.15, 0.2) is 35.7 Å². The Hall–Kier alpha value is -3.14. The topological polar surface area (TPSA) is 97.8 Å². The zero-order chi connectivity index (χ0) is 23.0. The molecule has 4 rings (SSSR count). The van der Waals surface area contributed by atoms with E-state index in [0.717, 1.165) is 10.5 Å². The zero-order valence-corrected chi connectivity index (χ0v) is 19.1. The van der Waals surface area contributed by atoms with Gasteiger partial charge in [-0.2, -0.15) is 0 Å². The highest BCUT2D eigenvalue weighted by atomic mass is 35.5. The standard InChI is InChI=1S/C21H15Cl2N3O5S/c1-30-16-4-3-10(5-17(16)31-2)15-9-32-21(24-15)25-18(27)8-26-19(28)11-6-13(22)14(23)7-12(11)20(26)29/h3-7,9H,8H2,1-2H3,(H,24,25,27). The number of aromatic nitrogens is 1. The van der Waals surface area contributed by atoms with E-state index in [0.29, 0.717) is 22.3 Å². The minimum absolute atomic E-state index is 0.113. The molecule has 1 aromatic heterocycles. The van der Waals surface area contributed by atoms with E-state index in [9.17, 15) is 14.4 Å². The Morgan fingerprint density at radius 3 is 2.25 bits per heavy atom. The largest absolute Gasteiger partial charge is 0.493 e. The number of nitrogens with one attached hydrogen (secondary N) is 1. The van der Waals surface area contributed by atoms with Crippen molar-refractivity contribution in [3.63, 3.8) is 0 Å². The quantitative estimate of drug-likeness (QED) is 0.514. The number of hydrogen-bond donors (Lipinski definition) is 1. The van der Waals surface area contributed by atoms with Crippen molar-refractivity contribution in [2.75, 3.05) is 26.1 Å². The Bertz CT molecular complexity index is 1220. The van der Waals surface area contributed by atoms with Crippen LogP contribution in [-0.2, 0) is 4.79 Å². The van der Waals surface area contributed by atoms with Crippen molar-refractivity contribution >= 4 is 57.4 Å². The normalized spacial score (nSPS) is 12.7. The van der Waals surface area contributed by atoms with Crippen LogP contribution in [0.2, 0.25) is 10.0 Å². The van der Waals surface area contributed by atoms with Crippen molar-refractivity contribution < 1.29 is 23.9 Å². The lowest BCUT2D eigenvalue weighted by Gasteiger charge is -2.12. The van der Waals surface area contributed by atoms with Gasteiger partial charge in [-0.05, 0) is 30.3 Å².